The zero-order chi connectivity index (χ0) is 21.7. The molecule has 0 spiro atoms. The van der Waals surface area contributed by atoms with Crippen LogP contribution in [-0.2, 0) is 26.2 Å². The summed E-state index contributed by atoms with van der Waals surface area (Å²) >= 11 is 0. The molecule has 156 valence electrons. The minimum Gasteiger partial charge on any atom is -0.465 e. The molecule has 1 amide bonds. The van der Waals surface area contributed by atoms with Crippen molar-refractivity contribution in [3.8, 4) is 0 Å². The first-order valence-electron chi connectivity index (χ1n) is 8.77. The van der Waals surface area contributed by atoms with Crippen LogP contribution in [0.2, 0.25) is 0 Å². The molecule has 0 heterocycles. The molecule has 0 aliphatic carbocycles. The van der Waals surface area contributed by atoms with Gasteiger partial charge in [0.1, 0.15) is 5.60 Å². The topological polar surface area (TPSA) is 102 Å². The zero-order valence-electron chi connectivity index (χ0n) is 16.7. The van der Waals surface area contributed by atoms with Crippen LogP contribution < -0.4 is 9.03 Å². The van der Waals surface area contributed by atoms with E-state index in [1.807, 2.05) is 4.72 Å². The van der Waals surface area contributed by atoms with Gasteiger partial charge in [-0.1, -0.05) is 30.3 Å². The van der Waals surface area contributed by atoms with Gasteiger partial charge in [0.15, 0.2) is 0 Å². The van der Waals surface area contributed by atoms with Gasteiger partial charge in [0.05, 0.1) is 24.9 Å². The highest BCUT2D eigenvalue weighted by Gasteiger charge is 2.27. The van der Waals surface area contributed by atoms with Crippen LogP contribution in [0.4, 0.5) is 10.5 Å². The van der Waals surface area contributed by atoms with Crippen LogP contribution in [0.5, 0.6) is 0 Å². The number of ether oxygens (including phenoxy) is 2. The molecule has 9 heteroatoms. The van der Waals surface area contributed by atoms with Gasteiger partial charge in [-0.15, -0.1) is 0 Å². The Hall–Kier alpha value is -3.07. The molecule has 0 aromatic heterocycles. The number of nitrogens with one attached hydrogen (secondary N) is 1. The fourth-order valence-electron chi connectivity index (χ4n) is 2.40. The Morgan fingerprint density at radius 3 is 2.10 bits per heavy atom. The van der Waals surface area contributed by atoms with Crippen molar-refractivity contribution in [2.75, 3.05) is 11.4 Å². The first kappa shape index (κ1) is 22.2. The number of hydrogen-bond acceptors (Lipinski definition) is 6. The van der Waals surface area contributed by atoms with E-state index in [1.165, 1.54) is 19.2 Å². The molecule has 1 N–H and O–H groups in total. The summed E-state index contributed by atoms with van der Waals surface area (Å²) < 4.78 is 38.5. The molecule has 2 aromatic carbocycles. The van der Waals surface area contributed by atoms with Gasteiger partial charge in [-0.2, -0.15) is 8.42 Å². The first-order valence-corrected chi connectivity index (χ1v) is 10.2. The second-order valence-corrected chi connectivity index (χ2v) is 8.73. The molecule has 2 rings (SSSR count). The summed E-state index contributed by atoms with van der Waals surface area (Å²) in [6.45, 7) is 4.84. The van der Waals surface area contributed by atoms with Crippen molar-refractivity contribution < 1.29 is 27.5 Å². The van der Waals surface area contributed by atoms with E-state index < -0.39 is 27.9 Å². The summed E-state index contributed by atoms with van der Waals surface area (Å²) in [5, 5.41) is 0. The molecular weight excluding hydrogens is 396 g/mol. The molecule has 29 heavy (non-hydrogen) atoms. The minimum atomic E-state index is -4.26. The molecule has 0 aliphatic rings. The van der Waals surface area contributed by atoms with E-state index >= 15 is 0 Å². The number of para-hydroxylation sites is 1. The predicted octanol–water partition coefficient (Wildman–Crippen LogP) is 3.25. The lowest BCUT2D eigenvalue weighted by Gasteiger charge is -2.26. The number of carbonyl (C=O) groups is 2. The third kappa shape index (κ3) is 6.49. The van der Waals surface area contributed by atoms with Crippen molar-refractivity contribution >= 4 is 28.0 Å². The van der Waals surface area contributed by atoms with Gasteiger partial charge in [-0.3, -0.25) is 0 Å². The van der Waals surface area contributed by atoms with Crippen molar-refractivity contribution in [2.24, 2.45) is 0 Å². The maximum absolute atomic E-state index is 12.9. The van der Waals surface area contributed by atoms with E-state index in [1.54, 1.807) is 63.2 Å². The van der Waals surface area contributed by atoms with Gasteiger partial charge in [-0.25, -0.2) is 18.6 Å². The molecule has 0 fully saturated rings. The van der Waals surface area contributed by atoms with E-state index in [0.29, 0.717) is 16.8 Å². The highest BCUT2D eigenvalue weighted by Crippen LogP contribution is 2.21. The van der Waals surface area contributed by atoms with Gasteiger partial charge >= 0.3 is 22.3 Å². The molecule has 0 saturated carbocycles. The zero-order valence-corrected chi connectivity index (χ0v) is 17.5. The number of nitrogens with zero attached hydrogens (tertiary/aromatic N) is 1. The predicted molar refractivity (Wildman–Crippen MR) is 109 cm³/mol. The van der Waals surface area contributed by atoms with Crippen LogP contribution >= 0.6 is 0 Å². The highest BCUT2D eigenvalue weighted by molar-refractivity contribution is 7.91. The minimum absolute atomic E-state index is 0.0659. The number of hydrogen-bond donors (Lipinski definition) is 1. The Balaban J connectivity index is 2.30. The molecule has 0 bridgehead atoms. The summed E-state index contributed by atoms with van der Waals surface area (Å²) in [4.78, 5) is 23.6. The number of amides is 1. The second-order valence-electron chi connectivity index (χ2n) is 7.14. The van der Waals surface area contributed by atoms with Gasteiger partial charge in [-0.05, 0) is 50.6 Å². The molecule has 8 nitrogen and oxygen atoms in total. The van der Waals surface area contributed by atoms with Gasteiger partial charge in [0.25, 0.3) is 0 Å². The Kier molecular flexibility index (Phi) is 6.86. The molecule has 0 aliphatic heterocycles. The van der Waals surface area contributed by atoms with E-state index in [4.69, 9.17) is 4.74 Å². The van der Waals surface area contributed by atoms with Crippen LogP contribution in [0.1, 0.15) is 36.7 Å². The average Bonchev–Trinajstić information content (AvgIpc) is 2.64. The Morgan fingerprint density at radius 2 is 1.59 bits per heavy atom. The Morgan fingerprint density at radius 1 is 1.00 bits per heavy atom. The average molecular weight is 420 g/mol. The molecule has 0 saturated heterocycles. The van der Waals surface area contributed by atoms with Crippen molar-refractivity contribution in [2.45, 2.75) is 32.9 Å². The Labute approximate surface area is 170 Å². The highest BCUT2D eigenvalue weighted by atomic mass is 32.2. The van der Waals surface area contributed by atoms with Crippen LogP contribution in [0.25, 0.3) is 0 Å². The largest absolute Gasteiger partial charge is 0.465 e. The standard InChI is InChI=1S/C20H24N2O6S/c1-20(2,3)28-19(24)21-29(25,26)22(17-8-6-5-7-9-17)14-15-10-12-16(13-11-15)18(23)27-4/h5-13H,14H2,1-4H3,(H,21,24). The molecular formula is C20H24N2O6S. The lowest BCUT2D eigenvalue weighted by Crippen LogP contribution is -2.45. The molecule has 0 radical (unpaired) electrons. The van der Waals surface area contributed by atoms with Gasteiger partial charge in [0.2, 0.25) is 0 Å². The molecule has 0 atom stereocenters. The van der Waals surface area contributed by atoms with Crippen LogP contribution in [0.3, 0.4) is 0 Å². The lowest BCUT2D eigenvalue weighted by atomic mass is 10.1. The number of carbonyl (C=O) groups excluding carboxylic acids is 2. The number of anilines is 1. The van der Waals surface area contributed by atoms with Crippen molar-refractivity contribution in [3.63, 3.8) is 0 Å². The quantitative estimate of drug-likeness (QED) is 0.720. The van der Waals surface area contributed by atoms with Crippen molar-refractivity contribution in [1.82, 2.24) is 4.72 Å². The summed E-state index contributed by atoms with van der Waals surface area (Å²) in [6, 6.07) is 14.7. The lowest BCUT2D eigenvalue weighted by molar-refractivity contribution is 0.0566. The Bertz CT molecular complexity index is 951. The maximum Gasteiger partial charge on any atom is 0.422 e. The third-order valence-electron chi connectivity index (χ3n) is 3.65. The van der Waals surface area contributed by atoms with Crippen molar-refractivity contribution in [3.05, 3.63) is 65.7 Å². The molecule has 2 aromatic rings. The summed E-state index contributed by atoms with van der Waals surface area (Å²) in [7, 11) is -2.98. The van der Waals surface area contributed by atoms with Crippen LogP contribution in [-0.4, -0.2) is 33.2 Å². The maximum atomic E-state index is 12.9. The smallest absolute Gasteiger partial charge is 0.422 e. The number of benzene rings is 2. The SMILES string of the molecule is COC(=O)c1ccc(CN(c2ccccc2)S(=O)(=O)NC(=O)OC(C)(C)C)cc1. The fourth-order valence-corrected chi connectivity index (χ4v) is 3.48. The van der Waals surface area contributed by atoms with Crippen molar-refractivity contribution in [1.29, 1.82) is 0 Å². The van der Waals surface area contributed by atoms with E-state index in [-0.39, 0.29) is 6.54 Å². The number of esters is 1. The summed E-state index contributed by atoms with van der Waals surface area (Å²) in [5.74, 6) is -0.490. The second kappa shape index (κ2) is 8.95. The number of methoxy groups -OCH3 is 1. The van der Waals surface area contributed by atoms with E-state index in [0.717, 1.165) is 4.31 Å². The van der Waals surface area contributed by atoms with E-state index in [9.17, 15) is 18.0 Å². The third-order valence-corrected chi connectivity index (χ3v) is 4.99. The van der Waals surface area contributed by atoms with Gasteiger partial charge < -0.3 is 9.47 Å². The van der Waals surface area contributed by atoms with Crippen LogP contribution in [0, 0.1) is 0 Å². The summed E-state index contributed by atoms with van der Waals surface area (Å²) in [6.07, 6.45) is -1.07. The number of rotatable bonds is 6. The monoisotopic (exact) mass is 420 g/mol. The first-order chi connectivity index (χ1) is 13.5. The summed E-state index contributed by atoms with van der Waals surface area (Å²) in [5.41, 5.74) is 0.467. The van der Waals surface area contributed by atoms with Crippen LogP contribution in [0.15, 0.2) is 54.6 Å². The normalized spacial score (nSPS) is 11.4. The van der Waals surface area contributed by atoms with Gasteiger partial charge in [0, 0.05) is 0 Å². The molecule has 0 unspecified atom stereocenters. The van der Waals surface area contributed by atoms with E-state index in [2.05, 4.69) is 4.74 Å². The fraction of sp³-hybridized carbons (Fsp3) is 0.300.